The van der Waals surface area contributed by atoms with Gasteiger partial charge in [-0.15, -0.1) is 11.3 Å². The van der Waals surface area contributed by atoms with Crippen molar-refractivity contribution in [3.8, 4) is 16.2 Å². The summed E-state index contributed by atoms with van der Waals surface area (Å²) in [5.41, 5.74) is 3.40. The molecule has 204 valence electrons. The fourth-order valence-electron chi connectivity index (χ4n) is 5.27. The van der Waals surface area contributed by atoms with Crippen molar-refractivity contribution < 1.29 is 14.3 Å². The van der Waals surface area contributed by atoms with Crippen LogP contribution in [-0.2, 0) is 16.1 Å². The second-order valence-corrected chi connectivity index (χ2v) is 11.7. The Bertz CT molecular complexity index is 1100. The van der Waals surface area contributed by atoms with Crippen LogP contribution in [0.5, 0.6) is 5.75 Å². The van der Waals surface area contributed by atoms with Crippen LogP contribution < -0.4 is 4.74 Å². The van der Waals surface area contributed by atoms with Gasteiger partial charge in [0.05, 0.1) is 0 Å². The molecule has 1 aliphatic heterocycles. The van der Waals surface area contributed by atoms with Gasteiger partial charge in [-0.05, 0) is 30.2 Å². The van der Waals surface area contributed by atoms with Crippen LogP contribution in [0.2, 0.25) is 0 Å². The lowest BCUT2D eigenvalue weighted by Crippen LogP contribution is -2.13. The van der Waals surface area contributed by atoms with Crippen LogP contribution >= 0.6 is 11.3 Å². The smallest absolute Gasteiger partial charge is 0.306 e. The van der Waals surface area contributed by atoms with E-state index in [-0.39, 0.29) is 12.1 Å². The molecule has 1 aliphatic rings. The molecule has 2 aromatic carbocycles. The van der Waals surface area contributed by atoms with Gasteiger partial charge in [0.25, 0.3) is 0 Å². The van der Waals surface area contributed by atoms with Gasteiger partial charge in [0.1, 0.15) is 12.4 Å². The van der Waals surface area contributed by atoms with Crippen molar-refractivity contribution in [2.45, 2.75) is 110 Å². The lowest BCUT2D eigenvalue weighted by molar-refractivity contribution is -0.145. The highest BCUT2D eigenvalue weighted by Gasteiger charge is 2.29. The summed E-state index contributed by atoms with van der Waals surface area (Å²) in [6.07, 6.45) is 17.4. The van der Waals surface area contributed by atoms with Crippen molar-refractivity contribution >= 4 is 17.3 Å². The van der Waals surface area contributed by atoms with Gasteiger partial charge < -0.3 is 9.47 Å². The Hall–Kier alpha value is -2.59. The number of hydrogen-bond acceptors (Lipinski definition) is 4. The van der Waals surface area contributed by atoms with E-state index in [1.165, 1.54) is 75.5 Å². The van der Waals surface area contributed by atoms with Crippen LogP contribution in [0, 0.1) is 0 Å². The molecule has 0 N–H and O–H groups in total. The highest BCUT2D eigenvalue weighted by molar-refractivity contribution is 7.15. The van der Waals surface area contributed by atoms with Gasteiger partial charge in [0.15, 0.2) is 6.10 Å². The maximum absolute atomic E-state index is 12.4. The number of ether oxygens (including phenoxy) is 2. The monoisotopic (exact) mass is 532 g/mol. The molecule has 3 nitrogen and oxygen atoms in total. The molecule has 0 fully saturated rings. The Morgan fingerprint density at radius 3 is 2.08 bits per heavy atom. The predicted molar refractivity (Wildman–Crippen MR) is 159 cm³/mol. The molecule has 4 rings (SSSR count). The summed E-state index contributed by atoms with van der Waals surface area (Å²) in [5.74, 6) is 0.817. The maximum atomic E-state index is 12.4. The molecule has 0 radical (unpaired) electrons. The van der Waals surface area contributed by atoms with E-state index in [0.29, 0.717) is 13.0 Å². The molecule has 4 heteroatoms. The molecule has 1 unspecified atom stereocenters. The van der Waals surface area contributed by atoms with Gasteiger partial charge in [-0.2, -0.15) is 0 Å². The zero-order valence-electron chi connectivity index (χ0n) is 23.1. The molecule has 0 saturated heterocycles. The Kier molecular flexibility index (Phi) is 11.8. The summed E-state index contributed by atoms with van der Waals surface area (Å²) in [4.78, 5) is 14.7. The Morgan fingerprint density at radius 2 is 1.39 bits per heavy atom. The molecule has 0 bridgehead atoms. The fourth-order valence-corrected chi connectivity index (χ4v) is 6.40. The van der Waals surface area contributed by atoms with Crippen LogP contribution in [0.4, 0.5) is 0 Å². The standard InChI is InChI=1S/C34H44O3S/c1-2-3-4-5-6-7-8-9-10-11-12-13-17-24-32(35)36-26-28-25-30-33(27-20-15-14-16-21-27)37-31-23-19-18-22-29(31)34(30)38-28/h14-16,18-23,25,33H,2-13,17,24,26H2,1H3. The minimum atomic E-state index is -0.146. The molecule has 1 atom stereocenters. The first-order valence-electron chi connectivity index (χ1n) is 14.9. The molecule has 0 saturated carbocycles. The number of rotatable bonds is 17. The largest absolute Gasteiger partial charge is 0.480 e. The van der Waals surface area contributed by atoms with E-state index < -0.39 is 0 Å². The van der Waals surface area contributed by atoms with E-state index in [9.17, 15) is 4.79 Å². The predicted octanol–water partition coefficient (Wildman–Crippen LogP) is 10.4. The minimum Gasteiger partial charge on any atom is -0.480 e. The fraction of sp³-hybridized carbons (Fsp3) is 0.500. The van der Waals surface area contributed by atoms with Gasteiger partial charge in [-0.1, -0.05) is 126 Å². The second-order valence-electron chi connectivity index (χ2n) is 10.6. The van der Waals surface area contributed by atoms with Gasteiger partial charge >= 0.3 is 5.97 Å². The number of carbonyl (C=O) groups excluding carboxylic acids is 1. The second kappa shape index (κ2) is 15.7. The Balaban J connectivity index is 1.15. The van der Waals surface area contributed by atoms with Crippen LogP contribution in [0.15, 0.2) is 60.7 Å². The summed E-state index contributed by atoms with van der Waals surface area (Å²) < 4.78 is 12.1. The lowest BCUT2D eigenvalue weighted by Gasteiger charge is -2.26. The normalized spacial score (nSPS) is 14.0. The molecule has 38 heavy (non-hydrogen) atoms. The maximum Gasteiger partial charge on any atom is 0.306 e. The topological polar surface area (TPSA) is 35.5 Å². The highest BCUT2D eigenvalue weighted by Crippen LogP contribution is 2.48. The summed E-state index contributed by atoms with van der Waals surface area (Å²) in [6, 6.07) is 20.7. The Morgan fingerprint density at radius 1 is 0.789 bits per heavy atom. The summed E-state index contributed by atoms with van der Waals surface area (Å²) >= 11 is 1.71. The van der Waals surface area contributed by atoms with Gasteiger partial charge in [-0.25, -0.2) is 0 Å². The SMILES string of the molecule is CCCCCCCCCCCCCCCC(=O)OCc1cc2c(s1)-c1ccccc1OC2c1ccccc1. The van der Waals surface area contributed by atoms with Gasteiger partial charge in [0.2, 0.25) is 0 Å². The average molecular weight is 533 g/mol. The quantitative estimate of drug-likeness (QED) is 0.128. The van der Waals surface area contributed by atoms with Crippen molar-refractivity contribution in [2.75, 3.05) is 0 Å². The highest BCUT2D eigenvalue weighted by atomic mass is 32.1. The summed E-state index contributed by atoms with van der Waals surface area (Å²) in [6.45, 7) is 2.61. The first-order chi connectivity index (χ1) is 18.8. The molecular formula is C34H44O3S. The molecule has 2 heterocycles. The van der Waals surface area contributed by atoms with E-state index in [1.54, 1.807) is 11.3 Å². The van der Waals surface area contributed by atoms with Crippen LogP contribution in [0.1, 0.15) is 119 Å². The third-order valence-electron chi connectivity index (χ3n) is 7.43. The van der Waals surface area contributed by atoms with Crippen LogP contribution in [0.25, 0.3) is 10.4 Å². The lowest BCUT2D eigenvalue weighted by atomic mass is 9.96. The van der Waals surface area contributed by atoms with E-state index in [0.717, 1.165) is 40.2 Å². The van der Waals surface area contributed by atoms with E-state index in [1.807, 2.05) is 36.4 Å². The summed E-state index contributed by atoms with van der Waals surface area (Å²) in [5, 5.41) is 0. The molecule has 0 amide bonds. The number of benzene rings is 2. The van der Waals surface area contributed by atoms with Crippen molar-refractivity contribution in [3.05, 3.63) is 76.7 Å². The average Bonchev–Trinajstić information content (AvgIpc) is 3.39. The van der Waals surface area contributed by atoms with Gasteiger partial charge in [-0.3, -0.25) is 4.79 Å². The molecule has 0 spiro atoms. The van der Waals surface area contributed by atoms with Crippen molar-refractivity contribution in [2.24, 2.45) is 0 Å². The first kappa shape index (κ1) is 28.4. The van der Waals surface area contributed by atoms with E-state index in [4.69, 9.17) is 9.47 Å². The molecular weight excluding hydrogens is 488 g/mol. The first-order valence-corrected chi connectivity index (χ1v) is 15.7. The molecule has 0 aliphatic carbocycles. The number of carbonyl (C=O) groups is 1. The van der Waals surface area contributed by atoms with Gasteiger partial charge in [0, 0.05) is 27.3 Å². The zero-order chi connectivity index (χ0) is 26.4. The number of para-hydroxylation sites is 1. The van der Waals surface area contributed by atoms with E-state index >= 15 is 0 Å². The molecule has 3 aromatic rings. The number of hydrogen-bond donors (Lipinski definition) is 0. The third kappa shape index (κ3) is 8.46. The van der Waals surface area contributed by atoms with Crippen molar-refractivity contribution in [1.82, 2.24) is 0 Å². The number of fused-ring (bicyclic) bond motifs is 3. The number of unbranched alkanes of at least 4 members (excludes halogenated alkanes) is 12. The third-order valence-corrected chi connectivity index (χ3v) is 8.59. The summed E-state index contributed by atoms with van der Waals surface area (Å²) in [7, 11) is 0. The van der Waals surface area contributed by atoms with E-state index in [2.05, 4.69) is 31.2 Å². The van der Waals surface area contributed by atoms with Crippen molar-refractivity contribution in [3.63, 3.8) is 0 Å². The minimum absolute atomic E-state index is 0.0873. The zero-order valence-corrected chi connectivity index (χ0v) is 23.9. The van der Waals surface area contributed by atoms with Crippen LogP contribution in [0.3, 0.4) is 0 Å². The Labute approximate surface area is 233 Å². The van der Waals surface area contributed by atoms with Crippen LogP contribution in [-0.4, -0.2) is 5.97 Å². The molecule has 1 aromatic heterocycles. The number of thiophene rings is 1. The number of esters is 1. The van der Waals surface area contributed by atoms with Crippen molar-refractivity contribution in [1.29, 1.82) is 0 Å².